The normalized spacial score (nSPS) is 10.6. The molecule has 0 aromatic heterocycles. The first kappa shape index (κ1) is 9.85. The van der Waals surface area contributed by atoms with E-state index in [0.717, 1.165) is 12.2 Å². The van der Waals surface area contributed by atoms with Crippen molar-refractivity contribution in [2.75, 3.05) is 6.61 Å². The Bertz CT molecular complexity index is 276. The minimum absolute atomic E-state index is 0.713. The number of hydrogen-bond donors (Lipinski definition) is 0. The molecule has 0 aliphatic heterocycles. The molecule has 13 heavy (non-hydrogen) atoms. The summed E-state index contributed by atoms with van der Waals surface area (Å²) in [6.07, 6.45) is 4.72. The summed E-state index contributed by atoms with van der Waals surface area (Å²) in [5, 5.41) is 0. The Balaban J connectivity index is 2.77. The molecule has 0 saturated heterocycles. The van der Waals surface area contributed by atoms with Crippen LogP contribution in [0.5, 0.6) is 5.75 Å². The van der Waals surface area contributed by atoms with E-state index < -0.39 is 0 Å². The van der Waals surface area contributed by atoms with E-state index in [-0.39, 0.29) is 0 Å². The van der Waals surface area contributed by atoms with E-state index in [1.165, 1.54) is 5.56 Å². The number of hydrogen-bond acceptors (Lipinski definition) is 1. The Morgan fingerprint density at radius 2 is 2.15 bits per heavy atom. The van der Waals surface area contributed by atoms with Crippen LogP contribution in [0, 0.1) is 6.92 Å². The number of allylic oxidation sites excluding steroid dienone is 2. The van der Waals surface area contributed by atoms with Crippen LogP contribution in [0.25, 0.3) is 0 Å². The quantitative estimate of drug-likeness (QED) is 0.683. The van der Waals surface area contributed by atoms with Crippen molar-refractivity contribution in [2.45, 2.75) is 13.3 Å². The highest BCUT2D eigenvalue weighted by Crippen LogP contribution is 2.18. The molecule has 1 radical (unpaired) electrons. The molecule has 0 bridgehead atoms. The summed E-state index contributed by atoms with van der Waals surface area (Å²) in [4.78, 5) is 0. The predicted octanol–water partition coefficient (Wildman–Crippen LogP) is 3.02. The zero-order valence-corrected chi connectivity index (χ0v) is 7.99. The Labute approximate surface area is 80.0 Å². The molecule has 1 aromatic carbocycles. The molecular weight excluding hydrogens is 160 g/mol. The first-order chi connectivity index (χ1) is 6.38. The van der Waals surface area contributed by atoms with Crippen molar-refractivity contribution in [3.05, 3.63) is 48.9 Å². The lowest BCUT2D eigenvalue weighted by atomic mass is 10.1. The van der Waals surface area contributed by atoms with Crippen molar-refractivity contribution in [3.8, 4) is 5.75 Å². The summed E-state index contributed by atoms with van der Waals surface area (Å²) in [5.74, 6) is 0.975. The van der Waals surface area contributed by atoms with Crippen molar-refractivity contribution < 1.29 is 4.74 Å². The lowest BCUT2D eigenvalue weighted by molar-refractivity contribution is 0.337. The zero-order chi connectivity index (χ0) is 9.52. The second kappa shape index (κ2) is 5.41. The van der Waals surface area contributed by atoms with Gasteiger partial charge in [0.15, 0.2) is 0 Å². The summed E-state index contributed by atoms with van der Waals surface area (Å²) in [7, 11) is 0. The fourth-order valence-electron chi connectivity index (χ4n) is 1.18. The van der Waals surface area contributed by atoms with Gasteiger partial charge in [-0.3, -0.25) is 0 Å². The smallest absolute Gasteiger partial charge is 0.122 e. The van der Waals surface area contributed by atoms with Crippen LogP contribution < -0.4 is 4.74 Å². The molecular formula is C12H15O. The molecule has 0 unspecified atom stereocenters. The van der Waals surface area contributed by atoms with Crippen LogP contribution in [-0.4, -0.2) is 6.61 Å². The van der Waals surface area contributed by atoms with Crippen LogP contribution in [-0.2, 0) is 6.42 Å². The fraction of sp³-hybridized carbons (Fsp3) is 0.250. The van der Waals surface area contributed by atoms with Crippen LogP contribution in [0.1, 0.15) is 12.5 Å². The van der Waals surface area contributed by atoms with Crippen LogP contribution in [0.15, 0.2) is 36.4 Å². The monoisotopic (exact) mass is 175 g/mol. The van der Waals surface area contributed by atoms with E-state index in [0.29, 0.717) is 6.61 Å². The Kier molecular flexibility index (Phi) is 4.10. The summed E-state index contributed by atoms with van der Waals surface area (Å²) >= 11 is 0. The molecule has 0 aliphatic carbocycles. The number of benzene rings is 1. The molecule has 1 nitrogen and oxygen atoms in total. The highest BCUT2D eigenvalue weighted by Gasteiger charge is 1.98. The highest BCUT2D eigenvalue weighted by atomic mass is 16.5. The Morgan fingerprint density at radius 1 is 1.38 bits per heavy atom. The third kappa shape index (κ3) is 2.94. The maximum atomic E-state index is 5.48. The molecule has 1 heteroatoms. The molecule has 69 valence electrons. The molecule has 1 aromatic rings. The van der Waals surface area contributed by atoms with Crippen molar-refractivity contribution in [3.63, 3.8) is 0 Å². The van der Waals surface area contributed by atoms with Crippen LogP contribution in [0.2, 0.25) is 0 Å². The zero-order valence-electron chi connectivity index (χ0n) is 7.99. The molecule has 0 heterocycles. The van der Waals surface area contributed by atoms with Gasteiger partial charge in [0.05, 0.1) is 6.61 Å². The SMILES string of the molecule is [CH2]C=CCc1ccccc1OCC. The Morgan fingerprint density at radius 3 is 2.85 bits per heavy atom. The average Bonchev–Trinajstić information content (AvgIpc) is 2.17. The van der Waals surface area contributed by atoms with Gasteiger partial charge in [0, 0.05) is 0 Å². The van der Waals surface area contributed by atoms with Gasteiger partial charge < -0.3 is 4.74 Å². The number of ether oxygens (including phenoxy) is 1. The van der Waals surface area contributed by atoms with E-state index in [9.17, 15) is 0 Å². The van der Waals surface area contributed by atoms with Gasteiger partial charge in [-0.15, -0.1) is 0 Å². The molecule has 0 atom stereocenters. The molecule has 0 saturated carbocycles. The maximum Gasteiger partial charge on any atom is 0.122 e. The summed E-state index contributed by atoms with van der Waals surface area (Å²) < 4.78 is 5.48. The number of rotatable bonds is 4. The highest BCUT2D eigenvalue weighted by molar-refractivity contribution is 5.34. The Hall–Kier alpha value is -1.24. The largest absolute Gasteiger partial charge is 0.494 e. The third-order valence-corrected chi connectivity index (χ3v) is 1.78. The van der Waals surface area contributed by atoms with E-state index in [2.05, 4.69) is 13.0 Å². The van der Waals surface area contributed by atoms with Crippen LogP contribution >= 0.6 is 0 Å². The molecule has 0 fully saturated rings. The first-order valence-electron chi connectivity index (χ1n) is 4.53. The second-order valence-corrected chi connectivity index (χ2v) is 2.72. The van der Waals surface area contributed by atoms with Gasteiger partial charge >= 0.3 is 0 Å². The van der Waals surface area contributed by atoms with Crippen LogP contribution in [0.3, 0.4) is 0 Å². The van der Waals surface area contributed by atoms with E-state index in [4.69, 9.17) is 4.74 Å². The summed E-state index contributed by atoms with van der Waals surface area (Å²) in [6, 6.07) is 8.08. The number of para-hydroxylation sites is 1. The van der Waals surface area contributed by atoms with E-state index >= 15 is 0 Å². The first-order valence-corrected chi connectivity index (χ1v) is 4.53. The van der Waals surface area contributed by atoms with Crippen molar-refractivity contribution in [1.29, 1.82) is 0 Å². The van der Waals surface area contributed by atoms with E-state index in [1.807, 2.05) is 37.3 Å². The third-order valence-electron chi connectivity index (χ3n) is 1.78. The van der Waals surface area contributed by atoms with Gasteiger partial charge in [-0.25, -0.2) is 0 Å². The lowest BCUT2D eigenvalue weighted by Gasteiger charge is -2.07. The molecule has 1 rings (SSSR count). The summed E-state index contributed by atoms with van der Waals surface area (Å²) in [5.41, 5.74) is 1.21. The van der Waals surface area contributed by atoms with Gasteiger partial charge in [-0.1, -0.05) is 30.4 Å². The minimum Gasteiger partial charge on any atom is -0.494 e. The molecule has 0 spiro atoms. The van der Waals surface area contributed by atoms with Gasteiger partial charge in [0.2, 0.25) is 0 Å². The molecule has 0 aliphatic rings. The molecule has 0 N–H and O–H groups in total. The van der Waals surface area contributed by atoms with Gasteiger partial charge in [-0.2, -0.15) is 0 Å². The lowest BCUT2D eigenvalue weighted by Crippen LogP contribution is -1.95. The summed E-state index contributed by atoms with van der Waals surface area (Å²) in [6.45, 7) is 6.36. The molecule has 0 amide bonds. The standard InChI is InChI=1S/C12H15O/c1-3-5-8-11-9-6-7-10-12(11)13-4-2/h3,5-7,9-10H,1,4,8H2,2H3. The maximum absolute atomic E-state index is 5.48. The van der Waals surface area contributed by atoms with Gasteiger partial charge in [-0.05, 0) is 31.9 Å². The topological polar surface area (TPSA) is 9.23 Å². The van der Waals surface area contributed by atoms with E-state index in [1.54, 1.807) is 0 Å². The van der Waals surface area contributed by atoms with Gasteiger partial charge in [0.25, 0.3) is 0 Å². The average molecular weight is 175 g/mol. The predicted molar refractivity (Wildman–Crippen MR) is 55.8 cm³/mol. The fourth-order valence-corrected chi connectivity index (χ4v) is 1.18. The van der Waals surface area contributed by atoms with Crippen LogP contribution in [0.4, 0.5) is 0 Å². The minimum atomic E-state index is 0.713. The van der Waals surface area contributed by atoms with Crippen molar-refractivity contribution in [1.82, 2.24) is 0 Å². The van der Waals surface area contributed by atoms with Gasteiger partial charge in [0.1, 0.15) is 5.75 Å². The van der Waals surface area contributed by atoms with Crippen molar-refractivity contribution in [2.24, 2.45) is 0 Å². The second-order valence-electron chi connectivity index (χ2n) is 2.72. The van der Waals surface area contributed by atoms with Crippen molar-refractivity contribution >= 4 is 0 Å².